The minimum absolute atomic E-state index is 0.0485. The lowest BCUT2D eigenvalue weighted by molar-refractivity contribution is -0.384. The fourth-order valence-electron chi connectivity index (χ4n) is 2.22. The van der Waals surface area contributed by atoms with Gasteiger partial charge in [0.05, 0.1) is 4.92 Å². The number of rotatable bonds is 3. The Kier molecular flexibility index (Phi) is 3.42. The number of hydrogen-bond acceptors (Lipinski definition) is 5. The van der Waals surface area contributed by atoms with E-state index >= 15 is 0 Å². The van der Waals surface area contributed by atoms with Gasteiger partial charge in [0.15, 0.2) is 0 Å². The molecule has 1 fully saturated rings. The number of hydrogen-bond donors (Lipinski definition) is 0. The second-order valence-corrected chi connectivity index (χ2v) is 4.34. The van der Waals surface area contributed by atoms with Gasteiger partial charge in [-0.15, -0.1) is 0 Å². The molecule has 0 saturated carbocycles. The molecule has 1 atom stereocenters. The number of halogens is 1. The number of anilines is 1. The molecule has 1 aliphatic heterocycles. The molecule has 0 bridgehead atoms. The van der Waals surface area contributed by atoms with E-state index in [0.717, 1.165) is 25.8 Å². The minimum atomic E-state index is -0.462. The third-order valence-electron chi connectivity index (χ3n) is 3.04. The van der Waals surface area contributed by atoms with Crippen LogP contribution < -0.4 is 4.90 Å². The monoisotopic (exact) mass is 256 g/mol. The van der Waals surface area contributed by atoms with Crippen molar-refractivity contribution in [3.05, 3.63) is 21.6 Å². The third kappa shape index (κ3) is 2.31. The maximum Gasteiger partial charge on any atom is 0.329 e. The maximum absolute atomic E-state index is 10.9. The van der Waals surface area contributed by atoms with Crippen molar-refractivity contribution >= 4 is 23.1 Å². The second-order valence-electron chi connectivity index (χ2n) is 4.00. The van der Waals surface area contributed by atoms with E-state index in [1.807, 2.05) is 4.90 Å². The lowest BCUT2D eigenvalue weighted by atomic mass is 10.2. The summed E-state index contributed by atoms with van der Waals surface area (Å²) in [7, 11) is 0. The average molecular weight is 257 g/mol. The van der Waals surface area contributed by atoms with Gasteiger partial charge in [-0.3, -0.25) is 10.1 Å². The zero-order valence-corrected chi connectivity index (χ0v) is 10.2. The second kappa shape index (κ2) is 4.83. The van der Waals surface area contributed by atoms with Crippen molar-refractivity contribution in [1.82, 2.24) is 9.97 Å². The quantitative estimate of drug-likeness (QED) is 0.472. The zero-order valence-electron chi connectivity index (χ0n) is 9.47. The normalized spacial score (nSPS) is 19.6. The predicted molar refractivity (Wildman–Crippen MR) is 64.4 cm³/mol. The zero-order chi connectivity index (χ0) is 12.4. The highest BCUT2D eigenvalue weighted by molar-refractivity contribution is 6.28. The van der Waals surface area contributed by atoms with Crippen LogP contribution in [0.25, 0.3) is 0 Å². The molecule has 1 saturated heterocycles. The SMILES string of the molecule is CCC1CCCN1c1nc(Cl)ncc1[N+](=O)[O-]. The molecule has 1 aromatic rings. The largest absolute Gasteiger partial charge is 0.348 e. The molecule has 0 aliphatic carbocycles. The van der Waals surface area contributed by atoms with Gasteiger partial charge < -0.3 is 4.90 Å². The van der Waals surface area contributed by atoms with Crippen LogP contribution in [-0.4, -0.2) is 27.5 Å². The summed E-state index contributed by atoms with van der Waals surface area (Å²) in [6, 6.07) is 0.305. The average Bonchev–Trinajstić information content (AvgIpc) is 2.76. The first kappa shape index (κ1) is 12.0. The van der Waals surface area contributed by atoms with Crippen molar-refractivity contribution in [3.63, 3.8) is 0 Å². The lowest BCUT2D eigenvalue weighted by Gasteiger charge is -2.23. The van der Waals surface area contributed by atoms with Gasteiger partial charge in [-0.25, -0.2) is 4.98 Å². The Labute approximate surface area is 104 Å². The van der Waals surface area contributed by atoms with E-state index < -0.39 is 4.92 Å². The first-order valence-corrected chi connectivity index (χ1v) is 5.95. The fourth-order valence-corrected chi connectivity index (χ4v) is 2.35. The van der Waals surface area contributed by atoms with Crippen molar-refractivity contribution in [2.24, 2.45) is 0 Å². The summed E-state index contributed by atoms with van der Waals surface area (Å²) < 4.78 is 0. The first-order chi connectivity index (χ1) is 8.13. The molecule has 0 aromatic carbocycles. The Morgan fingerprint density at radius 1 is 1.71 bits per heavy atom. The van der Waals surface area contributed by atoms with Crippen LogP contribution in [0.4, 0.5) is 11.5 Å². The van der Waals surface area contributed by atoms with Crippen LogP contribution in [-0.2, 0) is 0 Å². The van der Waals surface area contributed by atoms with E-state index in [4.69, 9.17) is 11.6 Å². The highest BCUT2D eigenvalue weighted by Gasteiger charge is 2.30. The number of nitrogens with zero attached hydrogens (tertiary/aromatic N) is 4. The lowest BCUT2D eigenvalue weighted by Crippen LogP contribution is -2.30. The Balaban J connectivity index is 2.42. The summed E-state index contributed by atoms with van der Waals surface area (Å²) in [6.07, 6.45) is 4.18. The highest BCUT2D eigenvalue weighted by Crippen LogP contribution is 2.32. The summed E-state index contributed by atoms with van der Waals surface area (Å²) >= 11 is 5.72. The van der Waals surface area contributed by atoms with E-state index in [0.29, 0.717) is 11.9 Å². The molecule has 1 aliphatic rings. The standard InChI is InChI=1S/C10H13ClN4O2/c1-2-7-4-3-5-14(7)9-8(15(16)17)6-12-10(11)13-9/h6-7H,2-5H2,1H3. The molecule has 1 unspecified atom stereocenters. The molecule has 92 valence electrons. The topological polar surface area (TPSA) is 72.2 Å². The smallest absolute Gasteiger partial charge is 0.329 e. The molecule has 0 N–H and O–H groups in total. The van der Waals surface area contributed by atoms with Gasteiger partial charge in [-0.1, -0.05) is 6.92 Å². The van der Waals surface area contributed by atoms with Crippen molar-refractivity contribution in [1.29, 1.82) is 0 Å². The van der Waals surface area contributed by atoms with E-state index in [2.05, 4.69) is 16.9 Å². The predicted octanol–water partition coefficient (Wildman–Crippen LogP) is 2.42. The molecule has 7 heteroatoms. The van der Waals surface area contributed by atoms with Gasteiger partial charge in [0.25, 0.3) is 0 Å². The molecule has 6 nitrogen and oxygen atoms in total. The van der Waals surface area contributed by atoms with E-state index in [1.165, 1.54) is 6.20 Å². The van der Waals surface area contributed by atoms with Crippen LogP contribution in [0.15, 0.2) is 6.20 Å². The molecule has 0 spiro atoms. The highest BCUT2D eigenvalue weighted by atomic mass is 35.5. The summed E-state index contributed by atoms with van der Waals surface area (Å²) in [4.78, 5) is 20.1. The van der Waals surface area contributed by atoms with Gasteiger partial charge in [-0.05, 0) is 30.9 Å². The van der Waals surface area contributed by atoms with Crippen LogP contribution in [0, 0.1) is 10.1 Å². The van der Waals surface area contributed by atoms with Crippen molar-refractivity contribution in [2.75, 3.05) is 11.4 Å². The van der Waals surface area contributed by atoms with Crippen LogP contribution in [0.5, 0.6) is 0 Å². The molecule has 2 heterocycles. The van der Waals surface area contributed by atoms with Gasteiger partial charge >= 0.3 is 5.69 Å². The number of nitro groups is 1. The number of aromatic nitrogens is 2. The third-order valence-corrected chi connectivity index (χ3v) is 3.22. The van der Waals surface area contributed by atoms with Crippen molar-refractivity contribution < 1.29 is 4.92 Å². The van der Waals surface area contributed by atoms with Crippen molar-refractivity contribution in [2.45, 2.75) is 32.2 Å². The van der Waals surface area contributed by atoms with Gasteiger partial charge in [-0.2, -0.15) is 4.98 Å². The Morgan fingerprint density at radius 3 is 3.12 bits per heavy atom. The summed E-state index contributed by atoms with van der Waals surface area (Å²) in [6.45, 7) is 2.85. The Hall–Kier alpha value is -1.43. The van der Waals surface area contributed by atoms with E-state index in [-0.39, 0.29) is 11.0 Å². The molecule has 0 radical (unpaired) electrons. The van der Waals surface area contributed by atoms with Crippen LogP contribution in [0.3, 0.4) is 0 Å². The summed E-state index contributed by atoms with van der Waals surface area (Å²) in [5, 5.41) is 11.0. The molecular weight excluding hydrogens is 244 g/mol. The van der Waals surface area contributed by atoms with Crippen LogP contribution in [0.2, 0.25) is 5.28 Å². The van der Waals surface area contributed by atoms with E-state index in [1.54, 1.807) is 0 Å². The van der Waals surface area contributed by atoms with Gasteiger partial charge in [0, 0.05) is 12.6 Å². The minimum Gasteiger partial charge on any atom is -0.348 e. The molecular formula is C10H13ClN4O2. The van der Waals surface area contributed by atoms with E-state index in [9.17, 15) is 10.1 Å². The molecule has 2 rings (SSSR count). The summed E-state index contributed by atoms with van der Waals surface area (Å²) in [5.74, 6) is 0.347. The van der Waals surface area contributed by atoms with Gasteiger partial charge in [0.2, 0.25) is 11.1 Å². The molecule has 17 heavy (non-hydrogen) atoms. The van der Waals surface area contributed by atoms with Gasteiger partial charge in [0.1, 0.15) is 6.20 Å². The summed E-state index contributed by atoms with van der Waals surface area (Å²) in [5.41, 5.74) is -0.0743. The maximum atomic E-state index is 10.9. The van der Waals surface area contributed by atoms with Crippen molar-refractivity contribution in [3.8, 4) is 0 Å². The molecule has 0 amide bonds. The first-order valence-electron chi connectivity index (χ1n) is 5.57. The Morgan fingerprint density at radius 2 is 2.47 bits per heavy atom. The Bertz CT molecular complexity index is 440. The molecule has 1 aromatic heterocycles. The fraction of sp³-hybridized carbons (Fsp3) is 0.600. The van der Waals surface area contributed by atoms with Crippen LogP contribution >= 0.6 is 11.6 Å². The van der Waals surface area contributed by atoms with Crippen LogP contribution in [0.1, 0.15) is 26.2 Å².